The minimum absolute atomic E-state index is 0.0694. The smallest absolute Gasteiger partial charge is 0.339 e. The van der Waals surface area contributed by atoms with Gasteiger partial charge in [-0.1, -0.05) is 29.8 Å². The van der Waals surface area contributed by atoms with Crippen molar-refractivity contribution in [3.05, 3.63) is 64.2 Å². The van der Waals surface area contributed by atoms with Crippen molar-refractivity contribution in [2.75, 3.05) is 12.4 Å². The van der Waals surface area contributed by atoms with Crippen molar-refractivity contribution in [3.63, 3.8) is 0 Å². The van der Waals surface area contributed by atoms with Crippen LogP contribution in [0.2, 0.25) is 5.02 Å². The molecule has 0 aliphatic carbocycles. The van der Waals surface area contributed by atoms with Crippen LogP contribution in [-0.2, 0) is 4.79 Å². The Hall–Kier alpha value is -3.30. The lowest BCUT2D eigenvalue weighted by Crippen LogP contribution is -2.13. The van der Waals surface area contributed by atoms with E-state index in [1.54, 1.807) is 36.4 Å². The second kappa shape index (κ2) is 7.99. The summed E-state index contributed by atoms with van der Waals surface area (Å²) in [6, 6.07) is 12.7. The number of amides is 1. The third kappa shape index (κ3) is 4.37. The quantitative estimate of drug-likeness (QED) is 0.630. The molecule has 2 aromatic rings. The number of methoxy groups -OCH3 is 1. The number of carbonyl (C=O) groups excluding carboxylic acids is 1. The van der Waals surface area contributed by atoms with Crippen molar-refractivity contribution in [2.45, 2.75) is 0 Å². The van der Waals surface area contributed by atoms with Gasteiger partial charge < -0.3 is 15.2 Å². The van der Waals surface area contributed by atoms with E-state index in [9.17, 15) is 20.0 Å². The van der Waals surface area contributed by atoms with Gasteiger partial charge in [-0.05, 0) is 35.9 Å². The molecule has 126 valence electrons. The zero-order valence-electron chi connectivity index (χ0n) is 13.1. The highest BCUT2D eigenvalue weighted by Gasteiger charge is 2.14. The first-order valence-corrected chi connectivity index (χ1v) is 7.43. The summed E-state index contributed by atoms with van der Waals surface area (Å²) < 4.78 is 4.97. The van der Waals surface area contributed by atoms with Gasteiger partial charge in [0.1, 0.15) is 23.0 Å². The minimum Gasteiger partial charge on any atom is -0.496 e. The summed E-state index contributed by atoms with van der Waals surface area (Å²) in [7, 11) is 1.36. The molecule has 6 nitrogen and oxygen atoms in total. The molecule has 0 spiro atoms. The van der Waals surface area contributed by atoms with Crippen LogP contribution in [0.1, 0.15) is 15.9 Å². The number of benzene rings is 2. The summed E-state index contributed by atoms with van der Waals surface area (Å²) in [5, 5.41) is 21.3. The Morgan fingerprint density at radius 3 is 2.60 bits per heavy atom. The lowest BCUT2D eigenvalue weighted by molar-refractivity contribution is -0.112. The molecule has 0 fully saturated rings. The molecule has 2 N–H and O–H groups in total. The van der Waals surface area contributed by atoms with Gasteiger partial charge in [0.05, 0.1) is 17.8 Å². The van der Waals surface area contributed by atoms with Gasteiger partial charge in [0.25, 0.3) is 5.91 Å². The average molecular weight is 357 g/mol. The molecule has 0 aliphatic heterocycles. The van der Waals surface area contributed by atoms with E-state index in [1.165, 1.54) is 25.3 Å². The third-order valence-corrected chi connectivity index (χ3v) is 3.58. The molecule has 0 aromatic heterocycles. The van der Waals surface area contributed by atoms with Crippen molar-refractivity contribution < 1.29 is 19.4 Å². The highest BCUT2D eigenvalue weighted by molar-refractivity contribution is 6.34. The summed E-state index contributed by atoms with van der Waals surface area (Å²) >= 11 is 5.97. The second-order valence-electron chi connectivity index (χ2n) is 4.87. The molecule has 2 rings (SSSR count). The molecule has 0 saturated carbocycles. The Bertz CT molecular complexity index is 900. The molecular formula is C18H13ClN2O4. The number of nitriles is 1. The first-order chi connectivity index (χ1) is 12.0. The summed E-state index contributed by atoms with van der Waals surface area (Å²) in [6.45, 7) is 0. The van der Waals surface area contributed by atoms with E-state index in [1.807, 2.05) is 0 Å². The van der Waals surface area contributed by atoms with E-state index in [-0.39, 0.29) is 16.9 Å². The molecule has 0 radical (unpaired) electrons. The number of carbonyl (C=O) groups is 2. The first kappa shape index (κ1) is 18.0. The molecule has 0 heterocycles. The summed E-state index contributed by atoms with van der Waals surface area (Å²) in [5.41, 5.74) is 0.488. The maximum absolute atomic E-state index is 12.2. The van der Waals surface area contributed by atoms with Gasteiger partial charge >= 0.3 is 5.97 Å². The molecule has 0 bridgehead atoms. The number of carboxylic acids is 1. The fourth-order valence-corrected chi connectivity index (χ4v) is 2.23. The minimum atomic E-state index is -1.17. The predicted octanol–water partition coefficient (Wildman–Crippen LogP) is 3.59. The van der Waals surface area contributed by atoms with E-state index in [0.717, 1.165) is 0 Å². The van der Waals surface area contributed by atoms with Crippen molar-refractivity contribution >= 4 is 35.2 Å². The summed E-state index contributed by atoms with van der Waals surface area (Å²) in [4.78, 5) is 23.5. The lowest BCUT2D eigenvalue weighted by atomic mass is 10.1. The fourth-order valence-electron chi connectivity index (χ4n) is 2.05. The van der Waals surface area contributed by atoms with Crippen LogP contribution in [0.5, 0.6) is 5.75 Å². The van der Waals surface area contributed by atoms with Crippen LogP contribution < -0.4 is 10.1 Å². The summed E-state index contributed by atoms with van der Waals surface area (Å²) in [5.74, 6) is -1.64. The van der Waals surface area contributed by atoms with Crippen LogP contribution in [0.15, 0.2) is 48.0 Å². The SMILES string of the molecule is COc1ccc(/C=C(/C#N)C(=O)Nc2ccccc2Cl)cc1C(=O)O. The van der Waals surface area contributed by atoms with E-state index < -0.39 is 11.9 Å². The number of nitrogens with one attached hydrogen (secondary N) is 1. The van der Waals surface area contributed by atoms with Gasteiger partial charge in [-0.2, -0.15) is 5.26 Å². The number of nitrogens with zero attached hydrogens (tertiary/aromatic N) is 1. The van der Waals surface area contributed by atoms with E-state index in [4.69, 9.17) is 16.3 Å². The number of hydrogen-bond acceptors (Lipinski definition) is 4. The lowest BCUT2D eigenvalue weighted by Gasteiger charge is -2.07. The molecule has 0 saturated heterocycles. The van der Waals surface area contributed by atoms with Gasteiger partial charge in [0.15, 0.2) is 0 Å². The highest BCUT2D eigenvalue weighted by atomic mass is 35.5. The van der Waals surface area contributed by atoms with Crippen molar-refractivity contribution in [1.82, 2.24) is 0 Å². The number of hydrogen-bond donors (Lipinski definition) is 2. The normalized spacial score (nSPS) is 10.7. The van der Waals surface area contributed by atoms with Crippen LogP contribution in [0.25, 0.3) is 6.08 Å². The van der Waals surface area contributed by atoms with Crippen molar-refractivity contribution in [2.24, 2.45) is 0 Å². The zero-order chi connectivity index (χ0) is 18.4. The van der Waals surface area contributed by atoms with Crippen molar-refractivity contribution in [1.29, 1.82) is 5.26 Å². The average Bonchev–Trinajstić information content (AvgIpc) is 2.61. The number of carboxylic acid groups (broad SMARTS) is 1. The molecule has 0 aliphatic rings. The number of halogens is 1. The van der Waals surface area contributed by atoms with Crippen LogP contribution in [0.4, 0.5) is 5.69 Å². The van der Waals surface area contributed by atoms with Gasteiger partial charge in [-0.25, -0.2) is 4.79 Å². The predicted molar refractivity (Wildman–Crippen MR) is 93.6 cm³/mol. The standard InChI is InChI=1S/C18H13ClN2O4/c1-25-16-7-6-11(9-13(16)18(23)24)8-12(10-20)17(22)21-15-5-3-2-4-14(15)19/h2-9H,1H3,(H,21,22)(H,23,24)/b12-8-. The van der Waals surface area contributed by atoms with Crippen LogP contribution >= 0.6 is 11.6 Å². The number of aromatic carboxylic acids is 1. The molecule has 0 atom stereocenters. The Balaban J connectivity index is 2.33. The Morgan fingerprint density at radius 1 is 1.28 bits per heavy atom. The van der Waals surface area contributed by atoms with E-state index >= 15 is 0 Å². The molecular weight excluding hydrogens is 344 g/mol. The number of para-hydroxylation sites is 1. The largest absolute Gasteiger partial charge is 0.496 e. The fraction of sp³-hybridized carbons (Fsp3) is 0.0556. The van der Waals surface area contributed by atoms with Crippen LogP contribution in [0, 0.1) is 11.3 Å². The van der Waals surface area contributed by atoms with E-state index in [0.29, 0.717) is 16.3 Å². The maximum atomic E-state index is 12.2. The molecule has 2 aromatic carbocycles. The second-order valence-corrected chi connectivity index (χ2v) is 5.28. The van der Waals surface area contributed by atoms with Gasteiger partial charge in [-0.15, -0.1) is 0 Å². The molecule has 25 heavy (non-hydrogen) atoms. The van der Waals surface area contributed by atoms with Crippen LogP contribution in [-0.4, -0.2) is 24.1 Å². The van der Waals surface area contributed by atoms with Gasteiger partial charge in [0, 0.05) is 0 Å². The number of rotatable bonds is 5. The highest BCUT2D eigenvalue weighted by Crippen LogP contribution is 2.23. The number of anilines is 1. The summed E-state index contributed by atoms with van der Waals surface area (Å²) in [6.07, 6.45) is 1.29. The molecule has 0 unspecified atom stereocenters. The zero-order valence-corrected chi connectivity index (χ0v) is 13.9. The van der Waals surface area contributed by atoms with Gasteiger partial charge in [0.2, 0.25) is 0 Å². The number of ether oxygens (including phenoxy) is 1. The molecule has 7 heteroatoms. The Labute approximate surface area is 148 Å². The maximum Gasteiger partial charge on any atom is 0.339 e. The van der Waals surface area contributed by atoms with Crippen LogP contribution in [0.3, 0.4) is 0 Å². The Morgan fingerprint density at radius 2 is 2.00 bits per heavy atom. The first-order valence-electron chi connectivity index (χ1n) is 7.05. The molecule has 1 amide bonds. The topological polar surface area (TPSA) is 99.4 Å². The van der Waals surface area contributed by atoms with Gasteiger partial charge in [-0.3, -0.25) is 4.79 Å². The Kier molecular flexibility index (Phi) is 5.77. The van der Waals surface area contributed by atoms with Crippen molar-refractivity contribution in [3.8, 4) is 11.8 Å². The third-order valence-electron chi connectivity index (χ3n) is 3.25. The van der Waals surface area contributed by atoms with E-state index in [2.05, 4.69) is 5.32 Å². The monoisotopic (exact) mass is 356 g/mol.